The van der Waals surface area contributed by atoms with Crippen molar-refractivity contribution >= 4 is 6.21 Å². The van der Waals surface area contributed by atoms with E-state index < -0.39 is 17.5 Å². The van der Waals surface area contributed by atoms with E-state index in [0.29, 0.717) is 6.21 Å². The highest BCUT2D eigenvalue weighted by molar-refractivity contribution is 5.63. The molecule has 0 aromatic carbocycles. The van der Waals surface area contributed by atoms with Crippen molar-refractivity contribution in [3.63, 3.8) is 0 Å². The Morgan fingerprint density at radius 3 is 1.64 bits per heavy atom. The molecule has 0 aliphatic carbocycles. The predicted molar refractivity (Wildman–Crippen MR) is 37.8 cm³/mol. The van der Waals surface area contributed by atoms with E-state index in [-0.39, 0.29) is 0 Å². The van der Waals surface area contributed by atoms with Crippen molar-refractivity contribution in [2.24, 2.45) is 11.3 Å². The lowest BCUT2D eigenvalue weighted by Gasteiger charge is -2.31. The van der Waals surface area contributed by atoms with Crippen LogP contribution in [0.15, 0.2) is 0 Å². The summed E-state index contributed by atoms with van der Waals surface area (Å²) in [6, 6.07) is 0. The van der Waals surface area contributed by atoms with Crippen molar-refractivity contribution in [1.82, 2.24) is 0 Å². The molecule has 0 amide bonds. The van der Waals surface area contributed by atoms with Gasteiger partial charge in [0.2, 0.25) is 0 Å². The molecule has 1 atom stereocenters. The molecule has 1 N–H and O–H groups in total. The molecular weight excluding hydrogens is 155 g/mol. The number of hydrogen-bond acceptors (Lipinski definition) is 1. The van der Waals surface area contributed by atoms with Crippen molar-refractivity contribution in [2.75, 3.05) is 0 Å². The Hall–Kier alpha value is -0.540. The van der Waals surface area contributed by atoms with Gasteiger partial charge in [-0.05, 0) is 12.8 Å². The van der Waals surface area contributed by atoms with Crippen LogP contribution in [-0.4, -0.2) is 12.4 Å². The molecule has 66 valence electrons. The lowest BCUT2D eigenvalue weighted by atomic mass is 9.80. The number of alkyl halides is 3. The number of nitrogens with one attached hydrogen (secondary N) is 1. The number of hydrogen-bond donors (Lipinski definition) is 1. The minimum absolute atomic E-state index is 0.470. The largest absolute Gasteiger partial charge is 0.399 e. The molecule has 0 aliphatic rings. The monoisotopic (exact) mass is 167 g/mol. The van der Waals surface area contributed by atoms with E-state index in [9.17, 15) is 13.2 Å². The van der Waals surface area contributed by atoms with Crippen molar-refractivity contribution in [2.45, 2.75) is 26.9 Å². The summed E-state index contributed by atoms with van der Waals surface area (Å²) in [7, 11) is 0. The zero-order valence-electron chi connectivity index (χ0n) is 6.79. The second-order valence-electron chi connectivity index (χ2n) is 3.08. The van der Waals surface area contributed by atoms with E-state index >= 15 is 0 Å². The van der Waals surface area contributed by atoms with Crippen LogP contribution < -0.4 is 0 Å². The summed E-state index contributed by atoms with van der Waals surface area (Å²) in [6.07, 6.45) is -3.85. The summed E-state index contributed by atoms with van der Waals surface area (Å²) in [4.78, 5) is 0. The highest BCUT2D eigenvalue weighted by Gasteiger charge is 2.51. The van der Waals surface area contributed by atoms with E-state index in [1.165, 1.54) is 13.8 Å². The molecule has 0 aromatic heterocycles. The zero-order valence-corrected chi connectivity index (χ0v) is 6.79. The maximum atomic E-state index is 12.2. The molecule has 0 aliphatic heterocycles. The van der Waals surface area contributed by atoms with Gasteiger partial charge in [0.1, 0.15) is 0 Å². The lowest BCUT2D eigenvalue weighted by molar-refractivity contribution is -0.203. The van der Waals surface area contributed by atoms with E-state index in [1.807, 2.05) is 0 Å². The molecular formula is C7H12F3N. The Bertz CT molecular complexity index is 150. The lowest BCUT2D eigenvalue weighted by Crippen LogP contribution is -2.40. The normalized spacial score (nSPS) is 18.1. The van der Waals surface area contributed by atoms with Crippen molar-refractivity contribution in [1.29, 1.82) is 5.41 Å². The summed E-state index contributed by atoms with van der Waals surface area (Å²) in [6.45, 7) is 3.95. The van der Waals surface area contributed by atoms with Crippen LogP contribution in [0, 0.1) is 16.7 Å². The van der Waals surface area contributed by atoms with Crippen molar-refractivity contribution in [3.05, 3.63) is 0 Å². The molecule has 0 bridgehead atoms. The van der Waals surface area contributed by atoms with Crippen molar-refractivity contribution in [3.8, 4) is 0 Å². The molecule has 0 fully saturated rings. The molecule has 1 nitrogen and oxygen atoms in total. The van der Waals surface area contributed by atoms with Crippen LogP contribution >= 0.6 is 0 Å². The fraction of sp³-hybridized carbons (Fsp3) is 0.857. The Morgan fingerprint density at radius 2 is 1.64 bits per heavy atom. The molecule has 0 heterocycles. The van der Waals surface area contributed by atoms with Crippen LogP contribution in [0.4, 0.5) is 13.2 Å². The molecule has 0 saturated carbocycles. The minimum atomic E-state index is -4.32. The van der Waals surface area contributed by atoms with Gasteiger partial charge in [0, 0.05) is 6.21 Å². The summed E-state index contributed by atoms with van der Waals surface area (Å²) >= 11 is 0. The molecule has 1 unspecified atom stereocenters. The van der Waals surface area contributed by atoms with Crippen LogP contribution in [0.2, 0.25) is 0 Å². The van der Waals surface area contributed by atoms with Crippen LogP contribution in [0.25, 0.3) is 0 Å². The number of rotatable bonds is 2. The first kappa shape index (κ1) is 10.5. The third kappa shape index (κ3) is 1.73. The van der Waals surface area contributed by atoms with Crippen molar-refractivity contribution < 1.29 is 13.2 Å². The van der Waals surface area contributed by atoms with E-state index in [4.69, 9.17) is 5.41 Å². The molecule has 4 heteroatoms. The highest BCUT2D eigenvalue weighted by Crippen LogP contribution is 2.41. The summed E-state index contributed by atoms with van der Waals surface area (Å²) < 4.78 is 36.6. The summed E-state index contributed by atoms with van der Waals surface area (Å²) in [5.41, 5.74) is -1.98. The van der Waals surface area contributed by atoms with Gasteiger partial charge in [-0.2, -0.15) is 13.2 Å². The van der Waals surface area contributed by atoms with Gasteiger partial charge < -0.3 is 5.41 Å². The second kappa shape index (κ2) is 2.83. The maximum absolute atomic E-state index is 12.2. The van der Waals surface area contributed by atoms with Gasteiger partial charge in [0.15, 0.2) is 0 Å². The standard InChI is InChI=1S/C7H12F3N/c1-5(2)6(3,4-11)7(8,9)10/h4-5,11H,1-3H3. The summed E-state index contributed by atoms with van der Waals surface area (Å²) in [5, 5.41) is 6.70. The first-order valence-corrected chi connectivity index (χ1v) is 3.34. The average molecular weight is 167 g/mol. The smallest absolute Gasteiger partial charge is 0.312 e. The van der Waals surface area contributed by atoms with Gasteiger partial charge in [0.05, 0.1) is 5.41 Å². The molecule has 0 rings (SSSR count). The zero-order chi connectivity index (χ0) is 9.28. The Morgan fingerprint density at radius 1 is 1.27 bits per heavy atom. The molecule has 0 saturated heterocycles. The average Bonchev–Trinajstić information content (AvgIpc) is 1.83. The van der Waals surface area contributed by atoms with E-state index in [2.05, 4.69) is 0 Å². The van der Waals surface area contributed by atoms with Crippen LogP contribution in [-0.2, 0) is 0 Å². The Labute approximate surface area is 64.1 Å². The van der Waals surface area contributed by atoms with Gasteiger partial charge in [0.25, 0.3) is 0 Å². The minimum Gasteiger partial charge on any atom is -0.312 e. The molecule has 0 aromatic rings. The molecule has 0 radical (unpaired) electrons. The van der Waals surface area contributed by atoms with Gasteiger partial charge in [-0.25, -0.2) is 0 Å². The van der Waals surface area contributed by atoms with Crippen LogP contribution in [0.1, 0.15) is 20.8 Å². The number of halogens is 3. The fourth-order valence-corrected chi connectivity index (χ4v) is 0.576. The Kier molecular flexibility index (Phi) is 2.69. The third-order valence-corrected chi connectivity index (χ3v) is 2.11. The summed E-state index contributed by atoms with van der Waals surface area (Å²) in [5.74, 6) is -0.597. The third-order valence-electron chi connectivity index (χ3n) is 2.11. The van der Waals surface area contributed by atoms with E-state index in [0.717, 1.165) is 6.92 Å². The second-order valence-corrected chi connectivity index (χ2v) is 3.08. The first-order valence-electron chi connectivity index (χ1n) is 3.34. The predicted octanol–water partition coefficient (Wildman–Crippen LogP) is 2.86. The first-order chi connectivity index (χ1) is 4.75. The van der Waals surface area contributed by atoms with Crippen LogP contribution in [0.3, 0.4) is 0 Å². The maximum Gasteiger partial charge on any atom is 0.399 e. The highest BCUT2D eigenvalue weighted by atomic mass is 19.4. The fourth-order valence-electron chi connectivity index (χ4n) is 0.576. The van der Waals surface area contributed by atoms with Gasteiger partial charge >= 0.3 is 6.18 Å². The quantitative estimate of drug-likeness (QED) is 0.611. The van der Waals surface area contributed by atoms with E-state index in [1.54, 1.807) is 0 Å². The van der Waals surface area contributed by atoms with Crippen LogP contribution in [0.5, 0.6) is 0 Å². The molecule has 0 spiro atoms. The molecule has 11 heavy (non-hydrogen) atoms. The Balaban J connectivity index is 4.75. The SMILES string of the molecule is CC(C)C(C)(C=N)C(F)(F)F. The van der Waals surface area contributed by atoms with Gasteiger partial charge in [-0.15, -0.1) is 0 Å². The van der Waals surface area contributed by atoms with Gasteiger partial charge in [-0.1, -0.05) is 13.8 Å². The topological polar surface area (TPSA) is 23.9 Å². The van der Waals surface area contributed by atoms with Gasteiger partial charge in [-0.3, -0.25) is 0 Å².